The third-order valence-corrected chi connectivity index (χ3v) is 11.8. The molecular formula is C40H67N5O7. The summed E-state index contributed by atoms with van der Waals surface area (Å²) in [4.78, 5) is 81.2. The fraction of sp³-hybridized carbons (Fsp3) is 0.800. The maximum Gasteiger partial charge on any atom is 0.407 e. The van der Waals surface area contributed by atoms with Gasteiger partial charge in [-0.1, -0.05) is 85.6 Å². The smallest absolute Gasteiger partial charge is 0.407 e. The number of carbonyl (C=O) groups is 6. The van der Waals surface area contributed by atoms with E-state index in [0.29, 0.717) is 25.8 Å². The molecule has 6 atom stereocenters. The van der Waals surface area contributed by atoms with Gasteiger partial charge in [0.15, 0.2) is 5.78 Å². The Balaban J connectivity index is 1.91. The van der Waals surface area contributed by atoms with Gasteiger partial charge in [0.25, 0.3) is 5.91 Å². The van der Waals surface area contributed by atoms with Crippen molar-refractivity contribution in [3.05, 3.63) is 12.7 Å². The van der Waals surface area contributed by atoms with Crippen LogP contribution in [0.1, 0.15) is 131 Å². The van der Waals surface area contributed by atoms with E-state index in [1.807, 2.05) is 13.8 Å². The van der Waals surface area contributed by atoms with E-state index in [2.05, 4.69) is 60.9 Å². The molecular weight excluding hydrogens is 662 g/mol. The average molecular weight is 730 g/mol. The Kier molecular flexibility index (Phi) is 16.6. The van der Waals surface area contributed by atoms with Crippen LogP contribution >= 0.6 is 0 Å². The van der Waals surface area contributed by atoms with Crippen molar-refractivity contribution in [3.63, 3.8) is 0 Å². The summed E-state index contributed by atoms with van der Waals surface area (Å²) < 4.78 is 5.50. The topological polar surface area (TPSA) is 172 Å². The summed E-state index contributed by atoms with van der Waals surface area (Å²) in [7, 11) is 0. The Morgan fingerprint density at radius 1 is 0.865 bits per heavy atom. The van der Waals surface area contributed by atoms with Gasteiger partial charge in [0, 0.05) is 19.0 Å². The molecule has 0 radical (unpaired) electrons. The lowest BCUT2D eigenvalue weighted by Crippen LogP contribution is -2.59. The normalized spacial score (nSPS) is 23.6. The number of carbonyl (C=O) groups excluding carboxylic acids is 6. The Morgan fingerprint density at radius 2 is 1.52 bits per heavy atom. The van der Waals surface area contributed by atoms with Crippen LogP contribution in [0.3, 0.4) is 0 Å². The van der Waals surface area contributed by atoms with E-state index in [0.717, 1.165) is 64.2 Å². The molecule has 0 saturated heterocycles. The highest BCUT2D eigenvalue weighted by Gasteiger charge is 2.53. The molecule has 12 heteroatoms. The molecule has 3 aliphatic rings. The maximum atomic E-state index is 15.0. The zero-order valence-electron chi connectivity index (χ0n) is 32.7. The minimum absolute atomic E-state index is 0.0290. The highest BCUT2D eigenvalue weighted by Crippen LogP contribution is 2.49. The van der Waals surface area contributed by atoms with Gasteiger partial charge in [-0.25, -0.2) is 9.59 Å². The van der Waals surface area contributed by atoms with E-state index in [1.165, 1.54) is 6.08 Å². The van der Waals surface area contributed by atoms with E-state index in [9.17, 15) is 28.8 Å². The Bertz CT molecular complexity index is 1250. The van der Waals surface area contributed by atoms with Crippen molar-refractivity contribution in [3.8, 4) is 0 Å². The zero-order valence-corrected chi connectivity index (χ0v) is 32.7. The van der Waals surface area contributed by atoms with E-state index in [4.69, 9.17) is 4.74 Å². The quantitative estimate of drug-likeness (QED) is 0.0940. The molecule has 0 spiro atoms. The maximum absolute atomic E-state index is 15.0. The first kappa shape index (κ1) is 43.0. The molecule has 12 nitrogen and oxygen atoms in total. The molecule has 3 saturated carbocycles. The first-order chi connectivity index (χ1) is 24.7. The fourth-order valence-corrected chi connectivity index (χ4v) is 8.88. The molecule has 3 aliphatic carbocycles. The van der Waals surface area contributed by atoms with Gasteiger partial charge in [-0.15, -0.1) is 6.58 Å². The van der Waals surface area contributed by atoms with Crippen molar-refractivity contribution in [1.29, 1.82) is 0 Å². The predicted molar refractivity (Wildman–Crippen MR) is 201 cm³/mol. The van der Waals surface area contributed by atoms with Gasteiger partial charge in [0.1, 0.15) is 6.61 Å². The second-order valence-corrected chi connectivity index (χ2v) is 16.7. The third-order valence-electron chi connectivity index (χ3n) is 11.8. The first-order valence-electron chi connectivity index (χ1n) is 19.9. The number of ether oxygens (including phenoxy) is 1. The molecule has 4 unspecified atom stereocenters. The number of hydrogen-bond acceptors (Lipinski definition) is 7. The summed E-state index contributed by atoms with van der Waals surface area (Å²) in [6.45, 7) is 16.1. The van der Waals surface area contributed by atoms with Crippen LogP contribution in [-0.2, 0) is 23.9 Å². The summed E-state index contributed by atoms with van der Waals surface area (Å²) >= 11 is 0. The van der Waals surface area contributed by atoms with Gasteiger partial charge in [0.05, 0.1) is 24.0 Å². The highest BCUT2D eigenvalue weighted by molar-refractivity contribution is 6.38. The van der Waals surface area contributed by atoms with Crippen LogP contribution in [0.4, 0.5) is 9.59 Å². The molecule has 0 aliphatic heterocycles. The number of ketones is 2. The van der Waals surface area contributed by atoms with Crippen molar-refractivity contribution in [2.24, 2.45) is 34.5 Å². The molecule has 3 rings (SSSR count). The fourth-order valence-electron chi connectivity index (χ4n) is 8.88. The Morgan fingerprint density at radius 3 is 2.12 bits per heavy atom. The molecule has 0 aromatic heterocycles. The van der Waals surface area contributed by atoms with E-state index < -0.39 is 65.1 Å². The number of amides is 5. The number of hydrogen-bond donors (Lipinski definition) is 5. The summed E-state index contributed by atoms with van der Waals surface area (Å²) in [5, 5.41) is 14.3. The standard InChI is InChI=1S/C40H67N5O7/c1-8-17-29(33(47)36(49)42-24-9-2)43-35(48)31-27(20-21-28(31)39(4,5)6)32(46)34(40(7)22-15-12-16-23-40)45-37(50)44-30(25-52-38(51)41-10-3)26-18-13-11-14-19-26/h9,26-31,34H,2,8,10-25H2,1,3-7H3,(H,41,51)(H,42,49)(H,43,48)(H2,44,45,50)/t27?,28-,29?,30+,31?,34?/m0/s1. The van der Waals surface area contributed by atoms with Crippen LogP contribution < -0.4 is 26.6 Å². The SMILES string of the molecule is C=CCNC(=O)C(=O)C(CCC)NC(=O)C1C(C(=O)C(NC(=O)N[C@H](COC(=O)NCC)C2CCCCC2)C2(C)CCCCC2)CC[C@@H]1C(C)(C)C. The Hall–Kier alpha value is -3.44. The second kappa shape index (κ2) is 20.1. The van der Waals surface area contributed by atoms with Crippen molar-refractivity contribution in [1.82, 2.24) is 26.6 Å². The zero-order chi connectivity index (χ0) is 38.5. The largest absolute Gasteiger partial charge is 0.447 e. The number of Topliss-reactive ketones (excluding diaryl/α,β-unsaturated/α-hetero) is 2. The molecule has 5 N–H and O–H groups in total. The number of nitrogens with one attached hydrogen (secondary N) is 5. The van der Waals surface area contributed by atoms with Crippen molar-refractivity contribution in [2.45, 2.75) is 150 Å². The predicted octanol–water partition coefficient (Wildman–Crippen LogP) is 5.73. The summed E-state index contributed by atoms with van der Waals surface area (Å²) in [6.07, 6.45) is 12.4. The lowest BCUT2D eigenvalue weighted by atomic mass is 9.66. The minimum Gasteiger partial charge on any atom is -0.447 e. The van der Waals surface area contributed by atoms with Crippen LogP contribution in [0, 0.1) is 34.5 Å². The number of rotatable bonds is 17. The lowest BCUT2D eigenvalue weighted by Gasteiger charge is -2.42. The van der Waals surface area contributed by atoms with Gasteiger partial charge in [-0.05, 0) is 74.5 Å². The summed E-state index contributed by atoms with van der Waals surface area (Å²) in [5.74, 6) is -3.53. The van der Waals surface area contributed by atoms with Crippen LogP contribution in [0.15, 0.2) is 12.7 Å². The summed E-state index contributed by atoms with van der Waals surface area (Å²) in [6, 6.07) is -2.76. The molecule has 0 bridgehead atoms. The van der Waals surface area contributed by atoms with Crippen molar-refractivity contribution >= 4 is 35.5 Å². The molecule has 294 valence electrons. The van der Waals surface area contributed by atoms with Gasteiger partial charge < -0.3 is 31.3 Å². The molecule has 5 amide bonds. The van der Waals surface area contributed by atoms with E-state index >= 15 is 0 Å². The Labute approximate surface area is 311 Å². The molecule has 52 heavy (non-hydrogen) atoms. The first-order valence-corrected chi connectivity index (χ1v) is 19.9. The van der Waals surface area contributed by atoms with E-state index in [1.54, 1.807) is 0 Å². The lowest BCUT2D eigenvalue weighted by molar-refractivity contribution is -0.142. The highest BCUT2D eigenvalue weighted by atomic mass is 16.5. The molecule has 0 heterocycles. The number of alkyl carbamates (subject to hydrolysis) is 1. The van der Waals surface area contributed by atoms with Crippen LogP contribution in [0.5, 0.6) is 0 Å². The summed E-state index contributed by atoms with van der Waals surface area (Å²) in [5.41, 5.74) is -0.843. The van der Waals surface area contributed by atoms with Gasteiger partial charge >= 0.3 is 12.1 Å². The van der Waals surface area contributed by atoms with E-state index in [-0.39, 0.29) is 42.6 Å². The third kappa shape index (κ3) is 11.8. The van der Waals surface area contributed by atoms with Crippen LogP contribution in [0.25, 0.3) is 0 Å². The van der Waals surface area contributed by atoms with Gasteiger partial charge in [-0.3, -0.25) is 19.2 Å². The van der Waals surface area contributed by atoms with Crippen molar-refractivity contribution < 1.29 is 33.5 Å². The molecule has 0 aromatic carbocycles. The second-order valence-electron chi connectivity index (χ2n) is 16.7. The van der Waals surface area contributed by atoms with Crippen LogP contribution in [0.2, 0.25) is 0 Å². The average Bonchev–Trinajstić information content (AvgIpc) is 3.58. The molecule has 3 fully saturated rings. The minimum atomic E-state index is -1.02. The van der Waals surface area contributed by atoms with Gasteiger partial charge in [-0.2, -0.15) is 0 Å². The van der Waals surface area contributed by atoms with Crippen molar-refractivity contribution in [2.75, 3.05) is 19.7 Å². The monoisotopic (exact) mass is 730 g/mol. The van der Waals surface area contributed by atoms with Gasteiger partial charge in [0.2, 0.25) is 11.7 Å². The number of urea groups is 1. The van der Waals surface area contributed by atoms with Crippen LogP contribution in [-0.4, -0.2) is 73.3 Å². The molecule has 0 aromatic rings.